The number of likely N-dealkylation sites (tertiary alicyclic amines) is 1. The number of carboxylic acids is 1. The largest absolute Gasteiger partial charge is 0.479 e. The van der Waals surface area contributed by atoms with Crippen molar-refractivity contribution in [3.05, 3.63) is 21.9 Å². The number of carbonyl (C=O) groups is 2. The number of nitrogens with zero attached hydrogens (tertiary/aromatic N) is 2. The first-order valence-corrected chi connectivity index (χ1v) is 7.98. The highest BCUT2D eigenvalue weighted by atomic mass is 32.1. The summed E-state index contributed by atoms with van der Waals surface area (Å²) in [6, 6.07) is 0.435. The number of fused-ring (bicyclic) bond motifs is 1. The van der Waals surface area contributed by atoms with Gasteiger partial charge in [0.2, 0.25) is 0 Å². The zero-order chi connectivity index (χ0) is 15.0. The Balaban J connectivity index is 1.87. The number of thiophene rings is 1. The van der Waals surface area contributed by atoms with Crippen LogP contribution in [0, 0.1) is 0 Å². The van der Waals surface area contributed by atoms with Crippen molar-refractivity contribution in [2.24, 2.45) is 0 Å². The van der Waals surface area contributed by atoms with Crippen LogP contribution in [0.1, 0.15) is 29.3 Å². The zero-order valence-electron chi connectivity index (χ0n) is 11.6. The maximum Gasteiger partial charge on any atom is 0.331 e. The Hall–Kier alpha value is -1.60. The first kappa shape index (κ1) is 14.3. The third-order valence-corrected chi connectivity index (χ3v) is 5.28. The number of hydrogen-bond acceptors (Lipinski definition) is 4. The van der Waals surface area contributed by atoms with E-state index in [4.69, 9.17) is 0 Å². The molecule has 2 atom stereocenters. The summed E-state index contributed by atoms with van der Waals surface area (Å²) in [6.45, 7) is 0.933. The van der Waals surface area contributed by atoms with E-state index in [-0.39, 0.29) is 18.7 Å². The van der Waals surface area contributed by atoms with Gasteiger partial charge in [-0.25, -0.2) is 9.59 Å². The molecule has 7 heteroatoms. The number of aliphatic hydroxyl groups excluding tert-OH is 1. The smallest absolute Gasteiger partial charge is 0.331 e. The van der Waals surface area contributed by atoms with Gasteiger partial charge in [-0.1, -0.05) is 0 Å². The summed E-state index contributed by atoms with van der Waals surface area (Å²) in [7, 11) is 0. The van der Waals surface area contributed by atoms with Gasteiger partial charge in [-0.3, -0.25) is 0 Å². The molecule has 3 rings (SSSR count). The Morgan fingerprint density at radius 1 is 1.33 bits per heavy atom. The normalized spacial score (nSPS) is 25.0. The van der Waals surface area contributed by atoms with Gasteiger partial charge in [0, 0.05) is 18.0 Å². The molecule has 114 valence electrons. The molecule has 0 saturated carbocycles. The minimum atomic E-state index is -0.998. The topological polar surface area (TPSA) is 81.1 Å². The number of aliphatic hydroxyl groups is 1. The minimum absolute atomic E-state index is 0.0684. The lowest BCUT2D eigenvalue weighted by atomic mass is 10.0. The summed E-state index contributed by atoms with van der Waals surface area (Å²) in [4.78, 5) is 28.4. The Morgan fingerprint density at radius 3 is 2.86 bits per heavy atom. The molecule has 2 aliphatic heterocycles. The maximum atomic E-state index is 12.7. The molecule has 3 heterocycles. The third-order valence-electron chi connectivity index (χ3n) is 4.28. The van der Waals surface area contributed by atoms with Gasteiger partial charge in [-0.15, -0.1) is 11.3 Å². The van der Waals surface area contributed by atoms with Crippen LogP contribution in [0.3, 0.4) is 0 Å². The van der Waals surface area contributed by atoms with E-state index < -0.39 is 12.0 Å². The Kier molecular flexibility index (Phi) is 3.86. The zero-order valence-corrected chi connectivity index (χ0v) is 12.4. The molecule has 0 aliphatic carbocycles. The quantitative estimate of drug-likeness (QED) is 0.863. The standard InChI is InChI=1S/C14H18N2O4S/c17-8-9-2-1-5-15(9)14(20)16-6-3-11-10(4-7-21-11)12(16)13(18)19/h4,7,9,12,17H,1-3,5-6,8H2,(H,18,19). The molecule has 2 N–H and O–H groups in total. The van der Waals surface area contributed by atoms with Crippen molar-refractivity contribution in [3.8, 4) is 0 Å². The van der Waals surface area contributed by atoms with Crippen molar-refractivity contribution in [1.29, 1.82) is 0 Å². The number of carbonyl (C=O) groups excluding carboxylic acids is 1. The molecule has 0 spiro atoms. The van der Waals surface area contributed by atoms with Crippen LogP contribution in [0.4, 0.5) is 4.79 Å². The van der Waals surface area contributed by atoms with Crippen molar-refractivity contribution in [2.45, 2.75) is 31.3 Å². The van der Waals surface area contributed by atoms with E-state index >= 15 is 0 Å². The summed E-state index contributed by atoms with van der Waals surface area (Å²) in [5.41, 5.74) is 0.729. The highest BCUT2D eigenvalue weighted by molar-refractivity contribution is 7.10. The average Bonchev–Trinajstić information content (AvgIpc) is 3.13. The predicted molar refractivity (Wildman–Crippen MR) is 77.3 cm³/mol. The lowest BCUT2D eigenvalue weighted by molar-refractivity contribution is -0.143. The third kappa shape index (κ3) is 2.40. The summed E-state index contributed by atoms with van der Waals surface area (Å²) in [5.74, 6) is -0.998. The number of rotatable bonds is 2. The van der Waals surface area contributed by atoms with Gasteiger partial charge in [0.1, 0.15) is 0 Å². The van der Waals surface area contributed by atoms with Crippen molar-refractivity contribution in [3.63, 3.8) is 0 Å². The van der Waals surface area contributed by atoms with E-state index in [1.165, 1.54) is 4.90 Å². The van der Waals surface area contributed by atoms with Crippen LogP contribution in [0.5, 0.6) is 0 Å². The lowest BCUT2D eigenvalue weighted by Crippen LogP contribution is -2.51. The van der Waals surface area contributed by atoms with Gasteiger partial charge < -0.3 is 20.0 Å². The fraction of sp³-hybridized carbons (Fsp3) is 0.571. The van der Waals surface area contributed by atoms with E-state index in [9.17, 15) is 19.8 Å². The Morgan fingerprint density at radius 2 is 2.14 bits per heavy atom. The molecule has 0 bridgehead atoms. The van der Waals surface area contributed by atoms with E-state index in [0.717, 1.165) is 23.3 Å². The first-order chi connectivity index (χ1) is 10.1. The van der Waals surface area contributed by atoms with Gasteiger partial charge in [-0.05, 0) is 36.3 Å². The second-order valence-corrected chi connectivity index (χ2v) is 6.44. The van der Waals surface area contributed by atoms with Gasteiger partial charge in [-0.2, -0.15) is 0 Å². The van der Waals surface area contributed by atoms with Crippen LogP contribution in [0.25, 0.3) is 0 Å². The highest BCUT2D eigenvalue weighted by Gasteiger charge is 2.40. The monoisotopic (exact) mass is 310 g/mol. The van der Waals surface area contributed by atoms with Crippen molar-refractivity contribution >= 4 is 23.3 Å². The predicted octanol–water partition coefficient (Wildman–Crippen LogP) is 1.31. The summed E-state index contributed by atoms with van der Waals surface area (Å²) >= 11 is 1.54. The van der Waals surface area contributed by atoms with Gasteiger partial charge >= 0.3 is 12.0 Å². The number of carboxylic acid groups (broad SMARTS) is 1. The number of amides is 2. The van der Waals surface area contributed by atoms with Gasteiger partial charge in [0.25, 0.3) is 0 Å². The second-order valence-electron chi connectivity index (χ2n) is 5.44. The fourth-order valence-electron chi connectivity index (χ4n) is 3.23. The van der Waals surface area contributed by atoms with Gasteiger partial charge in [0.15, 0.2) is 6.04 Å². The molecular weight excluding hydrogens is 292 g/mol. The van der Waals surface area contributed by atoms with E-state index in [1.807, 2.05) is 5.38 Å². The Bertz CT molecular complexity index is 559. The first-order valence-electron chi connectivity index (χ1n) is 7.10. The average molecular weight is 310 g/mol. The summed E-state index contributed by atoms with van der Waals surface area (Å²) < 4.78 is 0. The van der Waals surface area contributed by atoms with Crippen LogP contribution >= 0.6 is 11.3 Å². The lowest BCUT2D eigenvalue weighted by Gasteiger charge is -2.37. The molecule has 0 aromatic carbocycles. The second kappa shape index (κ2) is 5.65. The SMILES string of the molecule is O=C(O)C1c2ccsc2CCN1C(=O)N1CCCC1CO. The van der Waals surface area contributed by atoms with Crippen molar-refractivity contribution in [2.75, 3.05) is 19.7 Å². The molecule has 1 aromatic heterocycles. The van der Waals surface area contributed by atoms with Crippen LogP contribution in [0.15, 0.2) is 11.4 Å². The minimum Gasteiger partial charge on any atom is -0.479 e. The molecule has 2 unspecified atom stereocenters. The van der Waals surface area contributed by atoms with E-state index in [0.29, 0.717) is 19.5 Å². The summed E-state index contributed by atoms with van der Waals surface area (Å²) in [5, 5.41) is 20.8. The molecule has 1 fully saturated rings. The molecule has 21 heavy (non-hydrogen) atoms. The molecule has 1 saturated heterocycles. The fourth-order valence-corrected chi connectivity index (χ4v) is 4.13. The van der Waals surface area contributed by atoms with Gasteiger partial charge in [0.05, 0.1) is 12.6 Å². The molecule has 6 nitrogen and oxygen atoms in total. The van der Waals surface area contributed by atoms with Crippen LogP contribution in [0.2, 0.25) is 0 Å². The molecular formula is C14H18N2O4S. The highest BCUT2D eigenvalue weighted by Crippen LogP contribution is 2.35. The van der Waals surface area contributed by atoms with Crippen molar-refractivity contribution in [1.82, 2.24) is 9.80 Å². The number of urea groups is 1. The number of hydrogen-bond donors (Lipinski definition) is 2. The summed E-state index contributed by atoms with van der Waals surface area (Å²) in [6.07, 6.45) is 2.32. The van der Waals surface area contributed by atoms with Crippen molar-refractivity contribution < 1.29 is 19.8 Å². The van der Waals surface area contributed by atoms with Crippen LogP contribution in [-0.4, -0.2) is 57.8 Å². The molecule has 1 aromatic rings. The van der Waals surface area contributed by atoms with E-state index in [1.54, 1.807) is 22.3 Å². The molecule has 2 amide bonds. The molecule has 2 aliphatic rings. The van der Waals surface area contributed by atoms with Crippen LogP contribution in [-0.2, 0) is 11.2 Å². The molecule has 0 radical (unpaired) electrons. The number of aliphatic carboxylic acids is 1. The Labute approximate surface area is 126 Å². The van der Waals surface area contributed by atoms with Crippen LogP contribution < -0.4 is 0 Å². The van der Waals surface area contributed by atoms with E-state index in [2.05, 4.69) is 0 Å². The maximum absolute atomic E-state index is 12.7.